The van der Waals surface area contributed by atoms with Gasteiger partial charge in [-0.25, -0.2) is 0 Å². The van der Waals surface area contributed by atoms with Crippen LogP contribution in [-0.4, -0.2) is 6.54 Å². The summed E-state index contributed by atoms with van der Waals surface area (Å²) >= 11 is 3.47. The molecule has 1 aromatic rings. The second-order valence-electron chi connectivity index (χ2n) is 4.25. The topological polar surface area (TPSA) is 35.8 Å². The first kappa shape index (κ1) is 11.6. The molecule has 0 aliphatic heterocycles. The maximum atomic E-state index is 9.44. The fraction of sp³-hybridized carbons (Fsp3) is 0.462. The third-order valence-corrected chi connectivity index (χ3v) is 3.66. The first-order valence-corrected chi connectivity index (χ1v) is 6.46. The molecule has 0 radical (unpaired) electrons. The van der Waals surface area contributed by atoms with Crippen molar-refractivity contribution >= 4 is 15.9 Å². The Labute approximate surface area is 105 Å². The van der Waals surface area contributed by atoms with Crippen molar-refractivity contribution in [3.8, 4) is 6.07 Å². The highest BCUT2D eigenvalue weighted by molar-refractivity contribution is 9.10. The number of hydrogen-bond donors (Lipinski definition) is 1. The van der Waals surface area contributed by atoms with E-state index in [-0.39, 0.29) is 0 Å². The summed E-state index contributed by atoms with van der Waals surface area (Å²) in [5, 5.41) is 12.8. The smallest absolute Gasteiger partial charge is 0.132 e. The average molecular weight is 279 g/mol. The predicted molar refractivity (Wildman–Crippen MR) is 68.0 cm³/mol. The number of nitriles is 1. The number of fused-ring (bicyclic) bond motifs is 1. The van der Waals surface area contributed by atoms with Crippen molar-refractivity contribution in [3.63, 3.8) is 0 Å². The molecular weight excluding hydrogens is 264 g/mol. The van der Waals surface area contributed by atoms with Gasteiger partial charge in [0.15, 0.2) is 0 Å². The molecule has 16 heavy (non-hydrogen) atoms. The lowest BCUT2D eigenvalue weighted by Gasteiger charge is -2.23. The summed E-state index contributed by atoms with van der Waals surface area (Å²) < 4.78 is 1.09. The lowest BCUT2D eigenvalue weighted by Crippen LogP contribution is -2.39. The SMILES string of the molecule is CCCNC1(C#N)CCc2cc(Br)ccc21. The number of halogens is 1. The summed E-state index contributed by atoms with van der Waals surface area (Å²) in [5.74, 6) is 0. The van der Waals surface area contributed by atoms with Crippen LogP contribution >= 0.6 is 15.9 Å². The van der Waals surface area contributed by atoms with Crippen LogP contribution in [0.15, 0.2) is 22.7 Å². The van der Waals surface area contributed by atoms with Crippen LogP contribution in [0.4, 0.5) is 0 Å². The van der Waals surface area contributed by atoms with Crippen LogP contribution in [0, 0.1) is 11.3 Å². The highest BCUT2D eigenvalue weighted by Gasteiger charge is 2.38. The van der Waals surface area contributed by atoms with Gasteiger partial charge in [0.25, 0.3) is 0 Å². The molecule has 2 nitrogen and oxygen atoms in total. The molecule has 0 amide bonds. The minimum Gasteiger partial charge on any atom is -0.296 e. The van der Waals surface area contributed by atoms with E-state index in [4.69, 9.17) is 0 Å². The highest BCUT2D eigenvalue weighted by atomic mass is 79.9. The van der Waals surface area contributed by atoms with Gasteiger partial charge in [0.05, 0.1) is 6.07 Å². The molecule has 0 aromatic heterocycles. The molecule has 1 aliphatic carbocycles. The maximum absolute atomic E-state index is 9.44. The lowest BCUT2D eigenvalue weighted by molar-refractivity contribution is 0.425. The number of aryl methyl sites for hydroxylation is 1. The van der Waals surface area contributed by atoms with Crippen LogP contribution in [0.1, 0.15) is 30.9 Å². The Morgan fingerprint density at radius 1 is 1.56 bits per heavy atom. The zero-order valence-electron chi connectivity index (χ0n) is 9.39. The number of rotatable bonds is 3. The lowest BCUT2D eigenvalue weighted by atomic mass is 9.93. The number of nitrogens with zero attached hydrogens (tertiary/aromatic N) is 1. The Kier molecular flexibility index (Phi) is 3.32. The summed E-state index contributed by atoms with van der Waals surface area (Å²) in [4.78, 5) is 0. The first-order valence-electron chi connectivity index (χ1n) is 5.67. The summed E-state index contributed by atoms with van der Waals surface area (Å²) in [6, 6.07) is 8.67. The van der Waals surface area contributed by atoms with Gasteiger partial charge in [-0.1, -0.05) is 28.9 Å². The van der Waals surface area contributed by atoms with Gasteiger partial charge in [0.1, 0.15) is 5.54 Å². The summed E-state index contributed by atoms with van der Waals surface area (Å²) in [6.45, 7) is 3.01. The van der Waals surface area contributed by atoms with E-state index in [1.165, 1.54) is 5.56 Å². The minimum atomic E-state index is -0.452. The molecule has 3 heteroatoms. The fourth-order valence-electron chi connectivity index (χ4n) is 2.32. The number of hydrogen-bond acceptors (Lipinski definition) is 2. The van der Waals surface area contributed by atoms with Gasteiger partial charge in [0.2, 0.25) is 0 Å². The standard InChI is InChI=1S/C13H15BrN2/c1-2-7-16-13(9-15)6-5-10-8-11(14)3-4-12(10)13/h3-4,8,16H,2,5-7H2,1H3. The van der Waals surface area contributed by atoms with Crippen LogP contribution in [0.25, 0.3) is 0 Å². The molecule has 1 N–H and O–H groups in total. The van der Waals surface area contributed by atoms with E-state index in [0.29, 0.717) is 0 Å². The van der Waals surface area contributed by atoms with E-state index in [0.717, 1.165) is 35.8 Å². The second kappa shape index (κ2) is 4.57. The monoisotopic (exact) mass is 278 g/mol. The van der Waals surface area contributed by atoms with Crippen molar-refractivity contribution in [1.82, 2.24) is 5.32 Å². The molecule has 0 saturated heterocycles. The molecular formula is C13H15BrN2. The fourth-order valence-corrected chi connectivity index (χ4v) is 2.73. The van der Waals surface area contributed by atoms with Gasteiger partial charge in [-0.2, -0.15) is 5.26 Å². The summed E-state index contributed by atoms with van der Waals surface area (Å²) in [6.07, 6.45) is 2.92. The number of nitrogens with one attached hydrogen (secondary N) is 1. The molecule has 0 saturated carbocycles. The van der Waals surface area contributed by atoms with Crippen molar-refractivity contribution in [2.45, 2.75) is 31.7 Å². The highest BCUT2D eigenvalue weighted by Crippen LogP contribution is 2.37. The van der Waals surface area contributed by atoms with E-state index in [9.17, 15) is 5.26 Å². The van der Waals surface area contributed by atoms with Crippen LogP contribution < -0.4 is 5.32 Å². The largest absolute Gasteiger partial charge is 0.296 e. The third kappa shape index (κ3) is 1.88. The van der Waals surface area contributed by atoms with Crippen LogP contribution in [0.2, 0.25) is 0 Å². The van der Waals surface area contributed by atoms with E-state index in [1.807, 2.05) is 6.07 Å². The van der Waals surface area contributed by atoms with Crippen LogP contribution in [0.5, 0.6) is 0 Å². The molecule has 1 unspecified atom stereocenters. The normalized spacial score (nSPS) is 22.8. The average Bonchev–Trinajstić information content (AvgIpc) is 2.65. The Morgan fingerprint density at radius 2 is 2.38 bits per heavy atom. The van der Waals surface area contributed by atoms with Gasteiger partial charge in [0, 0.05) is 4.47 Å². The Bertz CT molecular complexity index is 436. The molecule has 84 valence electrons. The number of benzene rings is 1. The van der Waals surface area contributed by atoms with Crippen molar-refractivity contribution in [2.24, 2.45) is 0 Å². The summed E-state index contributed by atoms with van der Waals surface area (Å²) in [5.41, 5.74) is 2.00. The zero-order valence-corrected chi connectivity index (χ0v) is 11.0. The molecule has 1 atom stereocenters. The van der Waals surface area contributed by atoms with Gasteiger partial charge < -0.3 is 0 Å². The van der Waals surface area contributed by atoms with Crippen LogP contribution in [0.3, 0.4) is 0 Å². The zero-order chi connectivity index (χ0) is 11.6. The minimum absolute atomic E-state index is 0.452. The Morgan fingerprint density at radius 3 is 3.06 bits per heavy atom. The van der Waals surface area contributed by atoms with Crippen molar-refractivity contribution in [1.29, 1.82) is 5.26 Å². The van der Waals surface area contributed by atoms with Gasteiger partial charge in [-0.15, -0.1) is 0 Å². The van der Waals surface area contributed by atoms with Crippen molar-refractivity contribution < 1.29 is 0 Å². The van der Waals surface area contributed by atoms with Crippen molar-refractivity contribution in [3.05, 3.63) is 33.8 Å². The van der Waals surface area contributed by atoms with Crippen LogP contribution in [-0.2, 0) is 12.0 Å². The van der Waals surface area contributed by atoms with Gasteiger partial charge in [-0.3, -0.25) is 5.32 Å². The maximum Gasteiger partial charge on any atom is 0.132 e. The Hall–Kier alpha value is -0.850. The molecule has 0 spiro atoms. The van der Waals surface area contributed by atoms with E-state index in [2.05, 4.69) is 46.4 Å². The van der Waals surface area contributed by atoms with E-state index in [1.54, 1.807) is 0 Å². The molecule has 2 rings (SSSR count). The Balaban J connectivity index is 2.36. The second-order valence-corrected chi connectivity index (χ2v) is 5.16. The first-order chi connectivity index (χ1) is 7.72. The van der Waals surface area contributed by atoms with Gasteiger partial charge >= 0.3 is 0 Å². The van der Waals surface area contributed by atoms with Gasteiger partial charge in [-0.05, 0) is 49.1 Å². The molecule has 1 aromatic carbocycles. The van der Waals surface area contributed by atoms with E-state index >= 15 is 0 Å². The molecule has 0 heterocycles. The molecule has 0 bridgehead atoms. The van der Waals surface area contributed by atoms with E-state index < -0.39 is 5.54 Å². The summed E-state index contributed by atoms with van der Waals surface area (Å²) in [7, 11) is 0. The quantitative estimate of drug-likeness (QED) is 0.922. The third-order valence-electron chi connectivity index (χ3n) is 3.16. The van der Waals surface area contributed by atoms with Crippen molar-refractivity contribution in [2.75, 3.05) is 6.54 Å². The predicted octanol–water partition coefficient (Wildman–Crippen LogP) is 3.11. The molecule has 1 aliphatic rings. The molecule has 0 fully saturated rings.